The second kappa shape index (κ2) is 5.61. The highest BCUT2D eigenvalue weighted by atomic mass is 32.2. The number of benzene rings is 1. The fourth-order valence-corrected chi connectivity index (χ4v) is 2.65. The molecule has 1 atom stereocenters. The summed E-state index contributed by atoms with van der Waals surface area (Å²) in [6.07, 6.45) is 1.01. The third-order valence-electron chi connectivity index (χ3n) is 3.00. The highest BCUT2D eigenvalue weighted by molar-refractivity contribution is 7.90. The average Bonchev–Trinajstić information content (AvgIpc) is 2.80. The van der Waals surface area contributed by atoms with Crippen molar-refractivity contribution in [2.45, 2.75) is 18.0 Å². The summed E-state index contributed by atoms with van der Waals surface area (Å²) in [5.41, 5.74) is -4.51. The molecule has 0 amide bonds. The Morgan fingerprint density at radius 1 is 1.32 bits per heavy atom. The number of H-pyrrole nitrogens is 1. The molecule has 0 aliphatic rings. The van der Waals surface area contributed by atoms with Gasteiger partial charge in [0.15, 0.2) is 0 Å². The molecule has 0 radical (unpaired) electrons. The van der Waals surface area contributed by atoms with E-state index in [1.807, 2.05) is 0 Å². The Balaban J connectivity index is 2.29. The number of rotatable bonds is 5. The molecule has 1 heterocycles. The summed E-state index contributed by atoms with van der Waals surface area (Å²) in [5.74, 6) is -1.70. The first kappa shape index (κ1) is 16.3. The number of carboxylic acids is 1. The van der Waals surface area contributed by atoms with Gasteiger partial charge >= 0.3 is 21.5 Å². The van der Waals surface area contributed by atoms with E-state index in [-0.39, 0.29) is 0 Å². The van der Waals surface area contributed by atoms with Crippen molar-refractivity contribution in [2.75, 3.05) is 0 Å². The lowest BCUT2D eigenvalue weighted by Gasteiger charge is -2.15. The van der Waals surface area contributed by atoms with Crippen LogP contribution in [0, 0.1) is 0 Å². The van der Waals surface area contributed by atoms with Gasteiger partial charge in [0, 0.05) is 23.5 Å². The van der Waals surface area contributed by atoms with Crippen LogP contribution in [0.2, 0.25) is 0 Å². The molecule has 2 aromatic rings. The maximum Gasteiger partial charge on any atom is 0.511 e. The van der Waals surface area contributed by atoms with Crippen LogP contribution >= 0.6 is 0 Å². The first-order valence-electron chi connectivity index (χ1n) is 5.98. The number of sulfonamides is 1. The van der Waals surface area contributed by atoms with Gasteiger partial charge in [-0.2, -0.15) is 17.9 Å². The van der Waals surface area contributed by atoms with Gasteiger partial charge in [-0.25, -0.2) is 8.42 Å². The number of aromatic amines is 1. The lowest BCUT2D eigenvalue weighted by Crippen LogP contribution is -2.47. The lowest BCUT2D eigenvalue weighted by molar-refractivity contribution is -0.139. The first-order valence-corrected chi connectivity index (χ1v) is 7.46. The predicted octanol–water partition coefficient (Wildman–Crippen LogP) is 1.60. The second-order valence-corrected chi connectivity index (χ2v) is 6.23. The minimum atomic E-state index is -5.74. The monoisotopic (exact) mass is 336 g/mol. The van der Waals surface area contributed by atoms with Gasteiger partial charge in [-0.1, -0.05) is 18.2 Å². The summed E-state index contributed by atoms with van der Waals surface area (Å²) in [6.45, 7) is 0. The molecule has 10 heteroatoms. The minimum Gasteiger partial charge on any atom is -0.480 e. The smallest absolute Gasteiger partial charge is 0.480 e. The number of halogens is 3. The number of hydrogen-bond donors (Lipinski definition) is 3. The molecule has 1 aromatic carbocycles. The molecule has 0 aliphatic heterocycles. The van der Waals surface area contributed by atoms with E-state index in [1.54, 1.807) is 24.3 Å². The SMILES string of the molecule is O=C(O)[C@@H](Cc1c[nH]c2ccccc12)NS(=O)(=O)C(F)(F)F. The van der Waals surface area contributed by atoms with E-state index in [2.05, 4.69) is 4.98 Å². The number of alkyl halides is 3. The number of carbonyl (C=O) groups is 1. The van der Waals surface area contributed by atoms with Crippen molar-refractivity contribution >= 4 is 26.9 Å². The predicted molar refractivity (Wildman–Crippen MR) is 71.5 cm³/mol. The number of para-hydroxylation sites is 1. The zero-order chi connectivity index (χ0) is 16.5. The molecule has 1 aromatic heterocycles. The Kier molecular flexibility index (Phi) is 4.16. The number of aromatic nitrogens is 1. The quantitative estimate of drug-likeness (QED) is 0.772. The largest absolute Gasteiger partial charge is 0.511 e. The Morgan fingerprint density at radius 3 is 2.55 bits per heavy atom. The van der Waals surface area contributed by atoms with Crippen molar-refractivity contribution in [3.8, 4) is 0 Å². The number of hydrogen-bond acceptors (Lipinski definition) is 3. The van der Waals surface area contributed by atoms with Crippen LogP contribution in [0.15, 0.2) is 30.5 Å². The molecule has 22 heavy (non-hydrogen) atoms. The molecule has 0 spiro atoms. The molecule has 0 fully saturated rings. The Hall–Kier alpha value is -2.07. The van der Waals surface area contributed by atoms with E-state index in [1.165, 1.54) is 10.9 Å². The van der Waals surface area contributed by atoms with Crippen molar-refractivity contribution in [1.82, 2.24) is 9.71 Å². The van der Waals surface area contributed by atoms with E-state index < -0.39 is 34.0 Å². The summed E-state index contributed by atoms with van der Waals surface area (Å²) < 4.78 is 60.3. The maximum absolute atomic E-state index is 12.3. The van der Waals surface area contributed by atoms with Crippen LogP contribution in [0.25, 0.3) is 10.9 Å². The third kappa shape index (κ3) is 3.22. The standard InChI is InChI=1S/C12H11F3N2O4S/c13-12(14,15)22(20,21)17-10(11(18)19)5-7-6-16-9-4-2-1-3-8(7)9/h1-4,6,10,16-17H,5H2,(H,18,19)/t10-/m1/s1. The molecular formula is C12H11F3N2O4S. The van der Waals surface area contributed by atoms with Gasteiger partial charge in [0.05, 0.1) is 0 Å². The molecule has 6 nitrogen and oxygen atoms in total. The van der Waals surface area contributed by atoms with Crippen molar-refractivity contribution in [3.05, 3.63) is 36.0 Å². The zero-order valence-corrected chi connectivity index (χ0v) is 11.7. The molecule has 0 bridgehead atoms. The highest BCUT2D eigenvalue weighted by Gasteiger charge is 2.47. The van der Waals surface area contributed by atoms with Crippen LogP contribution in [0.4, 0.5) is 13.2 Å². The number of aliphatic carboxylic acids is 1. The molecule has 0 saturated carbocycles. The molecule has 0 unspecified atom stereocenters. The number of fused-ring (bicyclic) bond motifs is 1. The fourth-order valence-electron chi connectivity index (χ4n) is 1.95. The zero-order valence-electron chi connectivity index (χ0n) is 10.9. The first-order chi connectivity index (χ1) is 10.1. The van der Waals surface area contributed by atoms with Crippen LogP contribution in [0.1, 0.15) is 5.56 Å². The number of carboxylic acid groups (broad SMARTS) is 1. The lowest BCUT2D eigenvalue weighted by atomic mass is 10.1. The van der Waals surface area contributed by atoms with Crippen LogP contribution in [0.3, 0.4) is 0 Å². The van der Waals surface area contributed by atoms with Crippen molar-refractivity contribution in [1.29, 1.82) is 0 Å². The van der Waals surface area contributed by atoms with E-state index in [0.717, 1.165) is 0 Å². The molecule has 120 valence electrons. The Labute approximate surface area is 123 Å². The van der Waals surface area contributed by atoms with Crippen LogP contribution in [0.5, 0.6) is 0 Å². The van der Waals surface area contributed by atoms with Crippen LogP contribution < -0.4 is 4.72 Å². The van der Waals surface area contributed by atoms with E-state index >= 15 is 0 Å². The van der Waals surface area contributed by atoms with E-state index in [9.17, 15) is 26.4 Å². The topological polar surface area (TPSA) is 99.3 Å². The Morgan fingerprint density at radius 2 is 1.95 bits per heavy atom. The molecule has 0 saturated heterocycles. The average molecular weight is 336 g/mol. The Bertz CT molecular complexity index is 798. The van der Waals surface area contributed by atoms with Gasteiger partial charge in [-0.05, 0) is 11.6 Å². The normalized spacial score (nSPS) is 14.1. The van der Waals surface area contributed by atoms with Crippen LogP contribution in [-0.2, 0) is 21.2 Å². The minimum absolute atomic E-state index is 0.396. The van der Waals surface area contributed by atoms with Gasteiger partial charge in [0.1, 0.15) is 6.04 Å². The summed E-state index contributed by atoms with van der Waals surface area (Å²) in [4.78, 5) is 13.9. The summed E-state index contributed by atoms with van der Waals surface area (Å²) >= 11 is 0. The summed E-state index contributed by atoms with van der Waals surface area (Å²) in [5, 5.41) is 9.58. The molecule has 2 rings (SSSR count). The molecule has 3 N–H and O–H groups in total. The van der Waals surface area contributed by atoms with Crippen molar-refractivity contribution in [3.63, 3.8) is 0 Å². The van der Waals surface area contributed by atoms with Gasteiger partial charge in [-0.15, -0.1) is 0 Å². The second-order valence-electron chi connectivity index (χ2n) is 4.52. The van der Waals surface area contributed by atoms with Crippen molar-refractivity contribution in [2.24, 2.45) is 0 Å². The van der Waals surface area contributed by atoms with Gasteiger partial charge in [0.2, 0.25) is 0 Å². The van der Waals surface area contributed by atoms with Gasteiger partial charge in [-0.3, -0.25) is 4.79 Å². The highest BCUT2D eigenvalue weighted by Crippen LogP contribution is 2.24. The van der Waals surface area contributed by atoms with E-state index in [0.29, 0.717) is 16.5 Å². The molecular weight excluding hydrogens is 325 g/mol. The summed E-state index contributed by atoms with van der Waals surface area (Å²) in [6, 6.07) is 4.83. The maximum atomic E-state index is 12.3. The van der Waals surface area contributed by atoms with Crippen LogP contribution in [-0.4, -0.2) is 36.0 Å². The number of nitrogens with one attached hydrogen (secondary N) is 2. The third-order valence-corrected chi connectivity index (χ3v) is 4.20. The van der Waals surface area contributed by atoms with Crippen molar-refractivity contribution < 1.29 is 31.5 Å². The summed E-state index contributed by atoms with van der Waals surface area (Å²) in [7, 11) is -5.74. The van der Waals surface area contributed by atoms with Gasteiger partial charge in [0.25, 0.3) is 0 Å². The van der Waals surface area contributed by atoms with E-state index in [4.69, 9.17) is 5.11 Å². The van der Waals surface area contributed by atoms with Gasteiger partial charge < -0.3 is 10.1 Å². The molecule has 0 aliphatic carbocycles. The fraction of sp³-hybridized carbons (Fsp3) is 0.250.